The summed E-state index contributed by atoms with van der Waals surface area (Å²) < 4.78 is 0. The van der Waals surface area contributed by atoms with Gasteiger partial charge in [0.05, 0.1) is 12.2 Å². The van der Waals surface area contributed by atoms with Gasteiger partial charge in [0, 0.05) is 17.9 Å². The first-order chi connectivity index (χ1) is 13.1. The van der Waals surface area contributed by atoms with Crippen molar-refractivity contribution >= 4 is 5.84 Å². The van der Waals surface area contributed by atoms with Gasteiger partial charge < -0.3 is 10.2 Å². The van der Waals surface area contributed by atoms with Gasteiger partial charge in [-0.2, -0.15) is 0 Å². The van der Waals surface area contributed by atoms with Crippen molar-refractivity contribution in [2.45, 2.75) is 90.3 Å². The first-order valence-electron chi connectivity index (χ1n) is 10.0. The summed E-state index contributed by atoms with van der Waals surface area (Å²) in [6.07, 6.45) is 4.46. The zero-order valence-corrected chi connectivity index (χ0v) is 17.7. The van der Waals surface area contributed by atoms with E-state index in [0.717, 1.165) is 30.9 Å². The number of aliphatic hydroxyl groups is 2. The zero-order chi connectivity index (χ0) is 20.8. The molecule has 0 spiro atoms. The highest BCUT2D eigenvalue weighted by Crippen LogP contribution is 2.28. The van der Waals surface area contributed by atoms with Gasteiger partial charge in [-0.25, -0.2) is 10.2 Å². The highest BCUT2D eigenvalue weighted by molar-refractivity contribution is 5.87. The smallest absolute Gasteiger partial charge is 0.154 e. The lowest BCUT2D eigenvalue weighted by molar-refractivity contribution is 0.114. The molecule has 10 heteroatoms. The van der Waals surface area contributed by atoms with Gasteiger partial charge in [0.1, 0.15) is 5.84 Å². The topological polar surface area (TPSA) is 135 Å². The maximum absolute atomic E-state index is 10.3. The van der Waals surface area contributed by atoms with Gasteiger partial charge in [-0.3, -0.25) is 5.43 Å². The Labute approximate surface area is 167 Å². The van der Waals surface area contributed by atoms with Crippen LogP contribution >= 0.6 is 0 Å². The van der Waals surface area contributed by atoms with Crippen LogP contribution in [0.2, 0.25) is 0 Å². The molecular formula is C18H36N8O2. The van der Waals surface area contributed by atoms with Crippen molar-refractivity contribution in [1.82, 2.24) is 36.7 Å². The molecule has 2 heterocycles. The Morgan fingerprint density at radius 2 is 1.57 bits per heavy atom. The van der Waals surface area contributed by atoms with E-state index in [4.69, 9.17) is 0 Å². The number of hydrazine groups is 2. The minimum Gasteiger partial charge on any atom is -0.393 e. The number of nitrogens with zero attached hydrogens (tertiary/aromatic N) is 5. The number of nitrogens with one attached hydrogen (secondary N) is 3. The third-order valence-corrected chi connectivity index (χ3v) is 5.49. The summed E-state index contributed by atoms with van der Waals surface area (Å²) in [5.41, 5.74) is 5.64. The molecule has 0 fully saturated rings. The number of hydrogen-bond acceptors (Lipinski definition) is 9. The van der Waals surface area contributed by atoms with Crippen molar-refractivity contribution in [3.8, 4) is 0 Å². The van der Waals surface area contributed by atoms with Crippen molar-refractivity contribution < 1.29 is 10.2 Å². The van der Waals surface area contributed by atoms with E-state index in [1.54, 1.807) is 5.12 Å². The Kier molecular flexibility index (Phi) is 7.73. The van der Waals surface area contributed by atoms with Crippen LogP contribution < -0.4 is 11.0 Å². The second-order valence-corrected chi connectivity index (χ2v) is 9.04. The fourth-order valence-corrected chi connectivity index (χ4v) is 3.25. The Balaban J connectivity index is 1.62. The molecule has 1 aromatic heterocycles. The summed E-state index contributed by atoms with van der Waals surface area (Å²) in [4.78, 5) is 0. The Hall–Kier alpha value is -1.78. The van der Waals surface area contributed by atoms with Gasteiger partial charge in [-0.05, 0) is 55.4 Å². The van der Waals surface area contributed by atoms with Crippen molar-refractivity contribution in [2.24, 2.45) is 10.5 Å². The van der Waals surface area contributed by atoms with Crippen LogP contribution in [0, 0.1) is 5.41 Å². The van der Waals surface area contributed by atoms with E-state index >= 15 is 0 Å². The fraction of sp³-hybridized carbons (Fsp3) is 0.889. The molecule has 28 heavy (non-hydrogen) atoms. The lowest BCUT2D eigenvalue weighted by atomic mass is 9.84. The fourth-order valence-electron chi connectivity index (χ4n) is 3.25. The summed E-state index contributed by atoms with van der Waals surface area (Å²) in [6.45, 7) is 8.35. The molecule has 0 radical (unpaired) electrons. The highest BCUT2D eigenvalue weighted by Gasteiger charge is 2.29. The SMILES string of the molecule is CN1N=C(C(C)(C)CCC(O)CCCC(O)CCC(C)(C)c2nnn[nH]2)NN1. The third kappa shape index (κ3) is 6.68. The predicted molar refractivity (Wildman–Crippen MR) is 107 cm³/mol. The van der Waals surface area contributed by atoms with E-state index in [9.17, 15) is 10.2 Å². The number of rotatable bonds is 12. The summed E-state index contributed by atoms with van der Waals surface area (Å²) in [5.74, 6) is 1.61. The van der Waals surface area contributed by atoms with Crippen molar-refractivity contribution in [3.05, 3.63) is 5.82 Å². The van der Waals surface area contributed by atoms with Crippen LogP contribution in [0.15, 0.2) is 5.10 Å². The average Bonchev–Trinajstić information content (AvgIpc) is 3.31. The highest BCUT2D eigenvalue weighted by atomic mass is 16.3. The van der Waals surface area contributed by atoms with Gasteiger partial charge in [0.25, 0.3) is 0 Å². The Bertz CT molecular complexity index is 617. The molecule has 1 aromatic rings. The number of amidine groups is 1. The molecule has 2 unspecified atom stereocenters. The molecule has 0 saturated heterocycles. The number of H-pyrrole nitrogens is 1. The van der Waals surface area contributed by atoms with Gasteiger partial charge in [-0.1, -0.05) is 27.7 Å². The zero-order valence-electron chi connectivity index (χ0n) is 17.7. The first-order valence-corrected chi connectivity index (χ1v) is 10.0. The third-order valence-electron chi connectivity index (χ3n) is 5.49. The van der Waals surface area contributed by atoms with E-state index in [0.29, 0.717) is 25.7 Å². The van der Waals surface area contributed by atoms with Gasteiger partial charge >= 0.3 is 0 Å². The number of aliphatic hydroxyl groups excluding tert-OH is 2. The van der Waals surface area contributed by atoms with Crippen LogP contribution in [0.4, 0.5) is 0 Å². The molecule has 5 N–H and O–H groups in total. The van der Waals surface area contributed by atoms with Crippen molar-refractivity contribution in [1.29, 1.82) is 0 Å². The quantitative estimate of drug-likeness (QED) is 0.356. The molecule has 0 aliphatic carbocycles. The number of aromatic amines is 1. The molecule has 0 bridgehead atoms. The average molecular weight is 397 g/mol. The van der Waals surface area contributed by atoms with Gasteiger partial charge in [-0.15, -0.1) is 15.7 Å². The summed E-state index contributed by atoms with van der Waals surface area (Å²) in [6, 6.07) is 0. The molecule has 160 valence electrons. The van der Waals surface area contributed by atoms with Crippen molar-refractivity contribution in [2.75, 3.05) is 7.05 Å². The molecule has 2 rings (SSSR count). The van der Waals surface area contributed by atoms with Crippen molar-refractivity contribution in [3.63, 3.8) is 0 Å². The largest absolute Gasteiger partial charge is 0.393 e. The standard InChI is InChI=1S/C18H36N8O2/c1-17(2,15-19-23-24-20-15)11-9-13(27)7-6-8-14(28)10-12-18(3,4)16-21-25-26(5)22-16/h13-14,25,27-28H,6-12H2,1-5H3,(H,21,22)(H,19,20,23,24). The maximum Gasteiger partial charge on any atom is 0.154 e. The van der Waals surface area contributed by atoms with E-state index in [2.05, 4.69) is 64.4 Å². The first kappa shape index (κ1) is 22.5. The minimum atomic E-state index is -0.377. The Morgan fingerprint density at radius 3 is 2.07 bits per heavy atom. The maximum atomic E-state index is 10.3. The lowest BCUT2D eigenvalue weighted by Crippen LogP contribution is -2.42. The molecule has 1 aliphatic heterocycles. The number of hydrazone groups is 1. The number of aromatic nitrogens is 4. The summed E-state index contributed by atoms with van der Waals surface area (Å²) in [5, 5.41) is 40.6. The minimum absolute atomic E-state index is 0.139. The van der Waals surface area contributed by atoms with Crippen LogP contribution in [0.25, 0.3) is 0 Å². The van der Waals surface area contributed by atoms with E-state index in [1.807, 2.05) is 7.05 Å². The van der Waals surface area contributed by atoms with Crippen LogP contribution in [-0.2, 0) is 5.41 Å². The molecule has 1 aliphatic rings. The molecule has 2 atom stereocenters. The molecular weight excluding hydrogens is 360 g/mol. The van der Waals surface area contributed by atoms with E-state index in [1.165, 1.54) is 0 Å². The number of hydrogen-bond donors (Lipinski definition) is 5. The lowest BCUT2D eigenvalue weighted by Gasteiger charge is -2.25. The van der Waals surface area contributed by atoms with E-state index in [-0.39, 0.29) is 23.0 Å². The molecule has 0 aromatic carbocycles. The molecule has 0 saturated carbocycles. The van der Waals surface area contributed by atoms with Gasteiger partial charge in [0.15, 0.2) is 5.82 Å². The number of tetrazole rings is 1. The van der Waals surface area contributed by atoms with Crippen LogP contribution in [0.5, 0.6) is 0 Å². The Morgan fingerprint density at radius 1 is 0.964 bits per heavy atom. The second kappa shape index (κ2) is 9.62. The summed E-state index contributed by atoms with van der Waals surface area (Å²) >= 11 is 0. The van der Waals surface area contributed by atoms with E-state index < -0.39 is 0 Å². The van der Waals surface area contributed by atoms with Crippen LogP contribution in [0.3, 0.4) is 0 Å². The normalized spacial score (nSPS) is 17.4. The van der Waals surface area contributed by atoms with Crippen LogP contribution in [0.1, 0.15) is 78.5 Å². The second-order valence-electron chi connectivity index (χ2n) is 9.04. The molecule has 10 nitrogen and oxygen atoms in total. The summed E-state index contributed by atoms with van der Waals surface area (Å²) in [7, 11) is 1.83. The molecule has 0 amide bonds. The van der Waals surface area contributed by atoms with Crippen LogP contribution in [-0.4, -0.2) is 61.0 Å². The predicted octanol–water partition coefficient (Wildman–Crippen LogP) is 1.22. The monoisotopic (exact) mass is 396 g/mol. The van der Waals surface area contributed by atoms with Gasteiger partial charge in [0.2, 0.25) is 0 Å².